The first-order valence-electron chi connectivity index (χ1n) is 5.21. The molecule has 0 aromatic heterocycles. The average molecular weight is 239 g/mol. The number of hydrogen-bond donors (Lipinski definition) is 2. The number of carboxylic acid groups (broad SMARTS) is 1. The summed E-state index contributed by atoms with van der Waals surface area (Å²) in [5.74, 6) is -3.60. The molecule has 4 nitrogen and oxygen atoms in total. The third-order valence-corrected chi connectivity index (χ3v) is 2.33. The molecule has 0 heterocycles. The molecule has 0 saturated carbocycles. The smallest absolute Gasteiger partial charge is 0.316 e. The van der Waals surface area contributed by atoms with Gasteiger partial charge in [0.15, 0.2) is 0 Å². The number of halogens is 1. The maximum Gasteiger partial charge on any atom is 0.316 e. The van der Waals surface area contributed by atoms with Crippen molar-refractivity contribution in [1.82, 2.24) is 0 Å². The van der Waals surface area contributed by atoms with Crippen LogP contribution in [0.2, 0.25) is 0 Å². The van der Waals surface area contributed by atoms with E-state index in [1.54, 1.807) is 13.8 Å². The number of amides is 1. The van der Waals surface area contributed by atoms with Crippen molar-refractivity contribution in [2.24, 2.45) is 11.8 Å². The van der Waals surface area contributed by atoms with Gasteiger partial charge in [-0.05, 0) is 30.2 Å². The molecular formula is C12H14FNO3. The van der Waals surface area contributed by atoms with Gasteiger partial charge in [-0.2, -0.15) is 0 Å². The van der Waals surface area contributed by atoms with Crippen LogP contribution in [0.1, 0.15) is 13.8 Å². The largest absolute Gasteiger partial charge is 0.481 e. The van der Waals surface area contributed by atoms with E-state index in [4.69, 9.17) is 5.11 Å². The number of carboxylic acids is 1. The van der Waals surface area contributed by atoms with E-state index in [2.05, 4.69) is 5.32 Å². The van der Waals surface area contributed by atoms with Crippen LogP contribution in [-0.2, 0) is 9.59 Å². The van der Waals surface area contributed by atoms with Gasteiger partial charge in [0.2, 0.25) is 5.91 Å². The Labute approximate surface area is 98.5 Å². The minimum Gasteiger partial charge on any atom is -0.481 e. The summed E-state index contributed by atoms with van der Waals surface area (Å²) in [6, 6.07) is 5.15. The van der Waals surface area contributed by atoms with Crippen LogP contribution in [0.3, 0.4) is 0 Å². The lowest BCUT2D eigenvalue weighted by Gasteiger charge is -2.15. The van der Waals surface area contributed by atoms with E-state index in [9.17, 15) is 14.0 Å². The van der Waals surface area contributed by atoms with Crippen LogP contribution in [0, 0.1) is 17.7 Å². The van der Waals surface area contributed by atoms with Crippen molar-refractivity contribution >= 4 is 17.6 Å². The van der Waals surface area contributed by atoms with Gasteiger partial charge < -0.3 is 10.4 Å². The van der Waals surface area contributed by atoms with Crippen LogP contribution >= 0.6 is 0 Å². The molecule has 0 aliphatic heterocycles. The Balaban J connectivity index is 2.77. The molecule has 1 aromatic carbocycles. The van der Waals surface area contributed by atoms with Gasteiger partial charge in [0.05, 0.1) is 0 Å². The second kappa shape index (κ2) is 5.43. The van der Waals surface area contributed by atoms with Crippen molar-refractivity contribution in [2.45, 2.75) is 13.8 Å². The highest BCUT2D eigenvalue weighted by atomic mass is 19.1. The highest BCUT2D eigenvalue weighted by Gasteiger charge is 2.29. The third kappa shape index (κ3) is 3.55. The summed E-state index contributed by atoms with van der Waals surface area (Å²) in [6.07, 6.45) is 0. The van der Waals surface area contributed by atoms with Crippen molar-refractivity contribution in [3.05, 3.63) is 30.1 Å². The summed E-state index contributed by atoms with van der Waals surface area (Å²) in [6.45, 7) is 3.31. The zero-order chi connectivity index (χ0) is 13.0. The molecule has 0 saturated heterocycles. The fraction of sp³-hybridized carbons (Fsp3) is 0.333. The van der Waals surface area contributed by atoms with Crippen molar-refractivity contribution in [2.75, 3.05) is 5.32 Å². The first kappa shape index (κ1) is 13.2. The highest BCUT2D eigenvalue weighted by Crippen LogP contribution is 2.15. The summed E-state index contributed by atoms with van der Waals surface area (Å²) in [7, 11) is 0. The normalized spacial score (nSPS) is 12.2. The van der Waals surface area contributed by atoms with E-state index in [0.717, 1.165) is 0 Å². The first-order chi connectivity index (χ1) is 7.91. The van der Waals surface area contributed by atoms with Gasteiger partial charge in [-0.1, -0.05) is 13.8 Å². The third-order valence-electron chi connectivity index (χ3n) is 2.33. The fourth-order valence-corrected chi connectivity index (χ4v) is 1.45. The lowest BCUT2D eigenvalue weighted by molar-refractivity contribution is -0.147. The molecule has 1 atom stereocenters. The topological polar surface area (TPSA) is 66.4 Å². The summed E-state index contributed by atoms with van der Waals surface area (Å²) in [5.41, 5.74) is 0.378. The van der Waals surface area contributed by atoms with Crippen molar-refractivity contribution in [3.63, 3.8) is 0 Å². The van der Waals surface area contributed by atoms with E-state index in [1.807, 2.05) is 0 Å². The Morgan fingerprint density at radius 3 is 2.18 bits per heavy atom. The molecular weight excluding hydrogens is 225 g/mol. The summed E-state index contributed by atoms with van der Waals surface area (Å²) in [4.78, 5) is 22.6. The number of aliphatic carboxylic acids is 1. The molecule has 1 unspecified atom stereocenters. The number of hydrogen-bond acceptors (Lipinski definition) is 2. The Morgan fingerprint density at radius 1 is 1.24 bits per heavy atom. The highest BCUT2D eigenvalue weighted by molar-refractivity contribution is 6.04. The second-order valence-electron chi connectivity index (χ2n) is 4.06. The molecule has 92 valence electrons. The average Bonchev–Trinajstić information content (AvgIpc) is 2.20. The Bertz CT molecular complexity index is 414. The zero-order valence-electron chi connectivity index (χ0n) is 9.61. The van der Waals surface area contributed by atoms with Crippen molar-refractivity contribution in [3.8, 4) is 0 Å². The zero-order valence-corrected chi connectivity index (χ0v) is 9.61. The van der Waals surface area contributed by atoms with Crippen LogP contribution < -0.4 is 5.32 Å². The van der Waals surface area contributed by atoms with Crippen molar-refractivity contribution in [1.29, 1.82) is 0 Å². The predicted molar refractivity (Wildman–Crippen MR) is 61.0 cm³/mol. The summed E-state index contributed by atoms with van der Waals surface area (Å²) >= 11 is 0. The molecule has 1 rings (SSSR count). The van der Waals surface area contributed by atoms with E-state index in [1.165, 1.54) is 24.3 Å². The van der Waals surface area contributed by atoms with Crippen molar-refractivity contribution < 1.29 is 19.1 Å². The number of rotatable bonds is 4. The lowest BCUT2D eigenvalue weighted by atomic mass is 9.95. The molecule has 0 fully saturated rings. The maximum absolute atomic E-state index is 12.6. The van der Waals surface area contributed by atoms with E-state index in [0.29, 0.717) is 5.69 Å². The number of carbonyl (C=O) groups is 2. The molecule has 1 amide bonds. The predicted octanol–water partition coefficient (Wildman–Crippen LogP) is 2.12. The minimum atomic E-state index is -1.17. The summed E-state index contributed by atoms with van der Waals surface area (Å²) < 4.78 is 12.6. The van der Waals surface area contributed by atoms with E-state index in [-0.39, 0.29) is 5.92 Å². The van der Waals surface area contributed by atoms with Gasteiger partial charge >= 0.3 is 5.97 Å². The van der Waals surface area contributed by atoms with Crippen LogP contribution in [0.25, 0.3) is 0 Å². The molecule has 0 bridgehead atoms. The Hall–Kier alpha value is -1.91. The van der Waals surface area contributed by atoms with Gasteiger partial charge in [0.25, 0.3) is 0 Å². The standard InChI is InChI=1S/C12H14FNO3/c1-7(2)10(12(16)17)11(15)14-9-5-3-8(13)4-6-9/h3-7,10H,1-2H3,(H,14,15)(H,16,17). The van der Waals surface area contributed by atoms with Gasteiger partial charge in [-0.25, -0.2) is 4.39 Å². The number of carbonyl (C=O) groups excluding carboxylic acids is 1. The van der Waals surface area contributed by atoms with E-state index < -0.39 is 23.6 Å². The molecule has 17 heavy (non-hydrogen) atoms. The molecule has 5 heteroatoms. The van der Waals surface area contributed by atoms with Crippen LogP contribution in [0.15, 0.2) is 24.3 Å². The van der Waals surface area contributed by atoms with Crippen LogP contribution in [0.4, 0.5) is 10.1 Å². The van der Waals surface area contributed by atoms with Gasteiger partial charge in [-0.15, -0.1) is 0 Å². The number of anilines is 1. The molecule has 0 aliphatic rings. The molecule has 1 aromatic rings. The number of benzene rings is 1. The molecule has 0 spiro atoms. The Kier molecular flexibility index (Phi) is 4.20. The monoisotopic (exact) mass is 239 g/mol. The lowest BCUT2D eigenvalue weighted by Crippen LogP contribution is -2.33. The van der Waals surface area contributed by atoms with Crippen LogP contribution in [0.5, 0.6) is 0 Å². The van der Waals surface area contributed by atoms with Gasteiger partial charge in [-0.3, -0.25) is 9.59 Å². The second-order valence-corrected chi connectivity index (χ2v) is 4.06. The van der Waals surface area contributed by atoms with E-state index >= 15 is 0 Å². The van der Waals surface area contributed by atoms with Crippen LogP contribution in [-0.4, -0.2) is 17.0 Å². The van der Waals surface area contributed by atoms with Gasteiger partial charge in [0, 0.05) is 5.69 Å². The SMILES string of the molecule is CC(C)C(C(=O)O)C(=O)Nc1ccc(F)cc1. The van der Waals surface area contributed by atoms with Gasteiger partial charge in [0.1, 0.15) is 11.7 Å². The quantitative estimate of drug-likeness (QED) is 0.791. The fourth-order valence-electron chi connectivity index (χ4n) is 1.45. The number of nitrogens with one attached hydrogen (secondary N) is 1. The molecule has 0 radical (unpaired) electrons. The first-order valence-corrected chi connectivity index (χ1v) is 5.21. The summed E-state index contributed by atoms with van der Waals surface area (Å²) in [5, 5.41) is 11.4. The maximum atomic E-state index is 12.6. The minimum absolute atomic E-state index is 0.312. The Morgan fingerprint density at radius 2 is 1.76 bits per heavy atom. The molecule has 2 N–H and O–H groups in total. The molecule has 0 aliphatic carbocycles.